The predicted molar refractivity (Wildman–Crippen MR) is 83.1 cm³/mol. The zero-order valence-electron chi connectivity index (χ0n) is 10.7. The van der Waals surface area contributed by atoms with Gasteiger partial charge in [0.1, 0.15) is 9.20 Å². The fraction of sp³-hybridized carbons (Fsp3) is 0.167. The van der Waals surface area contributed by atoms with E-state index in [2.05, 4.69) is 4.98 Å². The Morgan fingerprint density at radius 2 is 2.15 bits per heavy atom. The lowest BCUT2D eigenvalue weighted by Crippen LogP contribution is -2.26. The Hall–Kier alpha value is -1.35. The van der Waals surface area contributed by atoms with Crippen LogP contribution in [-0.4, -0.2) is 29.7 Å². The minimum absolute atomic E-state index is 0.198. The summed E-state index contributed by atoms with van der Waals surface area (Å²) in [7, 11) is -2.04. The highest BCUT2D eigenvalue weighted by Crippen LogP contribution is 2.24. The van der Waals surface area contributed by atoms with Crippen LogP contribution in [0.15, 0.2) is 40.7 Å². The van der Waals surface area contributed by atoms with Gasteiger partial charge in [-0.2, -0.15) is 4.31 Å². The standard InChI is InChI=1S/C12H13N3O2S3/c1-15(8-9-4-2-3-7-14-9)20(16,17)11-6-5-10(19-11)12(13)18/h2-7H,8H2,1H3,(H2,13,18). The molecule has 2 N–H and O–H groups in total. The number of thiocarbonyl (C=S) groups is 1. The SMILES string of the molecule is CN(Cc1ccccn1)S(=O)(=O)c1ccc(C(N)=S)s1. The summed E-state index contributed by atoms with van der Waals surface area (Å²) in [5.74, 6) is 0. The van der Waals surface area contributed by atoms with Crippen molar-refractivity contribution in [2.75, 3.05) is 7.05 Å². The average molecular weight is 327 g/mol. The van der Waals surface area contributed by atoms with Crippen molar-refractivity contribution in [1.29, 1.82) is 0 Å². The van der Waals surface area contributed by atoms with E-state index in [1.54, 1.807) is 24.4 Å². The van der Waals surface area contributed by atoms with E-state index >= 15 is 0 Å². The Morgan fingerprint density at radius 1 is 1.40 bits per heavy atom. The van der Waals surface area contributed by atoms with Gasteiger partial charge < -0.3 is 5.73 Å². The summed E-state index contributed by atoms with van der Waals surface area (Å²) in [5, 5.41) is 0. The Balaban J connectivity index is 2.23. The Bertz CT molecular complexity index is 711. The van der Waals surface area contributed by atoms with E-state index in [1.807, 2.05) is 6.07 Å². The van der Waals surface area contributed by atoms with Crippen LogP contribution >= 0.6 is 23.6 Å². The topological polar surface area (TPSA) is 76.3 Å². The molecule has 2 heterocycles. The number of nitrogens with zero attached hydrogens (tertiary/aromatic N) is 2. The van der Waals surface area contributed by atoms with Crippen LogP contribution in [0.3, 0.4) is 0 Å². The van der Waals surface area contributed by atoms with Gasteiger partial charge in [-0.15, -0.1) is 11.3 Å². The second-order valence-corrected chi connectivity index (χ2v) is 7.86. The zero-order valence-corrected chi connectivity index (χ0v) is 13.1. The average Bonchev–Trinajstić information content (AvgIpc) is 2.90. The van der Waals surface area contributed by atoms with Crippen molar-refractivity contribution in [1.82, 2.24) is 9.29 Å². The van der Waals surface area contributed by atoms with Crippen molar-refractivity contribution in [3.63, 3.8) is 0 Å². The van der Waals surface area contributed by atoms with Gasteiger partial charge >= 0.3 is 0 Å². The maximum absolute atomic E-state index is 12.4. The minimum atomic E-state index is -3.55. The number of rotatable bonds is 5. The molecule has 20 heavy (non-hydrogen) atoms. The molecule has 0 unspecified atom stereocenters. The molecule has 8 heteroatoms. The third kappa shape index (κ3) is 3.21. The minimum Gasteiger partial charge on any atom is -0.389 e. The molecule has 2 aromatic rings. The van der Waals surface area contributed by atoms with E-state index in [0.717, 1.165) is 11.3 Å². The third-order valence-corrected chi connectivity index (χ3v) is 6.34. The lowest BCUT2D eigenvalue weighted by Gasteiger charge is -2.15. The first-order valence-corrected chi connectivity index (χ1v) is 8.33. The summed E-state index contributed by atoms with van der Waals surface area (Å²) in [5.41, 5.74) is 6.18. The Kier molecular flexibility index (Phi) is 4.48. The van der Waals surface area contributed by atoms with Gasteiger partial charge in [0, 0.05) is 13.2 Å². The molecule has 0 atom stereocenters. The molecule has 106 valence electrons. The maximum atomic E-state index is 12.4. The van der Waals surface area contributed by atoms with Crippen molar-refractivity contribution < 1.29 is 8.42 Å². The maximum Gasteiger partial charge on any atom is 0.252 e. The number of hydrogen-bond acceptors (Lipinski definition) is 5. The molecule has 0 fully saturated rings. The summed E-state index contributed by atoms with van der Waals surface area (Å²) in [6.45, 7) is 0.212. The van der Waals surface area contributed by atoms with Gasteiger partial charge in [0.25, 0.3) is 10.0 Å². The van der Waals surface area contributed by atoms with Crippen molar-refractivity contribution >= 4 is 38.6 Å². The van der Waals surface area contributed by atoms with E-state index in [1.165, 1.54) is 17.4 Å². The summed E-state index contributed by atoms with van der Waals surface area (Å²) in [4.78, 5) is 4.90. The molecule has 0 radical (unpaired) electrons. The highest BCUT2D eigenvalue weighted by molar-refractivity contribution is 7.91. The summed E-state index contributed by atoms with van der Waals surface area (Å²) in [6.07, 6.45) is 1.63. The lowest BCUT2D eigenvalue weighted by molar-refractivity contribution is 0.464. The Labute approximate surface area is 127 Å². The molecule has 2 rings (SSSR count). The van der Waals surface area contributed by atoms with Crippen LogP contribution in [0.1, 0.15) is 10.6 Å². The quantitative estimate of drug-likeness (QED) is 0.844. The van der Waals surface area contributed by atoms with Gasteiger partial charge in [-0.3, -0.25) is 4.98 Å². The van der Waals surface area contributed by atoms with Crippen LogP contribution in [0.2, 0.25) is 0 Å². The highest BCUT2D eigenvalue weighted by Gasteiger charge is 2.23. The first-order valence-electron chi connectivity index (χ1n) is 5.67. The van der Waals surface area contributed by atoms with Gasteiger partial charge in [-0.05, 0) is 24.3 Å². The molecule has 0 bridgehead atoms. The monoisotopic (exact) mass is 327 g/mol. The van der Waals surface area contributed by atoms with Gasteiger partial charge in [0.15, 0.2) is 0 Å². The number of pyridine rings is 1. The Morgan fingerprint density at radius 3 is 2.70 bits per heavy atom. The van der Waals surface area contributed by atoms with Crippen LogP contribution < -0.4 is 5.73 Å². The third-order valence-electron chi connectivity index (χ3n) is 2.60. The number of sulfonamides is 1. The highest BCUT2D eigenvalue weighted by atomic mass is 32.2. The second-order valence-electron chi connectivity index (χ2n) is 4.07. The van der Waals surface area contributed by atoms with Crippen LogP contribution in [0.25, 0.3) is 0 Å². The predicted octanol–water partition coefficient (Wildman–Crippen LogP) is 1.60. The van der Waals surface area contributed by atoms with Crippen molar-refractivity contribution in [3.8, 4) is 0 Å². The molecule has 0 aromatic carbocycles. The summed E-state index contributed by atoms with van der Waals surface area (Å²) >= 11 is 5.91. The molecule has 0 aliphatic rings. The van der Waals surface area contributed by atoms with Crippen LogP contribution in [0.4, 0.5) is 0 Å². The van der Waals surface area contributed by atoms with Gasteiger partial charge in [0.05, 0.1) is 17.1 Å². The van der Waals surface area contributed by atoms with Crippen LogP contribution in [0, 0.1) is 0 Å². The zero-order chi connectivity index (χ0) is 14.8. The summed E-state index contributed by atoms with van der Waals surface area (Å²) < 4.78 is 26.3. The number of aromatic nitrogens is 1. The van der Waals surface area contributed by atoms with Crippen molar-refractivity contribution in [2.45, 2.75) is 10.8 Å². The lowest BCUT2D eigenvalue weighted by atomic mass is 10.3. The van der Waals surface area contributed by atoms with E-state index in [-0.39, 0.29) is 15.7 Å². The van der Waals surface area contributed by atoms with E-state index < -0.39 is 10.0 Å². The smallest absolute Gasteiger partial charge is 0.252 e. The molecule has 0 aliphatic heterocycles. The molecule has 0 aliphatic carbocycles. The number of thiophene rings is 1. The van der Waals surface area contributed by atoms with Crippen molar-refractivity contribution in [2.24, 2.45) is 5.73 Å². The molecule has 0 saturated heterocycles. The molecule has 0 saturated carbocycles. The normalized spacial score (nSPS) is 11.7. The number of hydrogen-bond donors (Lipinski definition) is 1. The molecule has 0 amide bonds. The van der Waals surface area contributed by atoms with E-state index in [9.17, 15) is 8.42 Å². The van der Waals surface area contributed by atoms with Crippen molar-refractivity contribution in [3.05, 3.63) is 47.1 Å². The molecule has 5 nitrogen and oxygen atoms in total. The molecule has 0 spiro atoms. The van der Waals surface area contributed by atoms with Gasteiger partial charge in [0.2, 0.25) is 0 Å². The van der Waals surface area contributed by atoms with Crippen LogP contribution in [-0.2, 0) is 16.6 Å². The molecule has 2 aromatic heterocycles. The second kappa shape index (κ2) is 5.96. The first kappa shape index (κ1) is 15.0. The van der Waals surface area contributed by atoms with E-state index in [4.69, 9.17) is 18.0 Å². The molecular formula is C12H13N3O2S3. The summed E-state index contributed by atoms with van der Waals surface area (Å²) in [6, 6.07) is 8.52. The largest absolute Gasteiger partial charge is 0.389 e. The van der Waals surface area contributed by atoms with E-state index in [0.29, 0.717) is 10.6 Å². The van der Waals surface area contributed by atoms with Gasteiger partial charge in [-0.25, -0.2) is 8.42 Å². The first-order chi connectivity index (χ1) is 9.41. The number of nitrogens with two attached hydrogens (primary N) is 1. The van der Waals surface area contributed by atoms with Crippen LogP contribution in [0.5, 0.6) is 0 Å². The fourth-order valence-corrected chi connectivity index (χ4v) is 4.25. The fourth-order valence-electron chi connectivity index (χ4n) is 1.55. The van der Waals surface area contributed by atoms with Gasteiger partial charge in [-0.1, -0.05) is 18.3 Å². The molecular weight excluding hydrogens is 314 g/mol.